The quantitative estimate of drug-likeness (QED) is 0.945. The van der Waals surface area contributed by atoms with Crippen LogP contribution in [0.15, 0.2) is 18.5 Å². The molecule has 2 saturated heterocycles. The Balaban J connectivity index is 1.50. The van der Waals surface area contributed by atoms with Crippen molar-refractivity contribution in [3.8, 4) is 0 Å². The van der Waals surface area contributed by atoms with Crippen molar-refractivity contribution in [2.75, 3.05) is 5.73 Å². The first-order valence-electron chi connectivity index (χ1n) is 7.64. The molecular formula is C15H21N5S. The Morgan fingerprint density at radius 1 is 1.33 bits per heavy atom. The maximum Gasteiger partial charge on any atom is 0.180 e. The molecule has 2 aromatic rings. The van der Waals surface area contributed by atoms with E-state index in [1.54, 1.807) is 11.3 Å². The molecule has 2 aliphatic rings. The van der Waals surface area contributed by atoms with Crippen molar-refractivity contribution in [1.29, 1.82) is 0 Å². The second-order valence-corrected chi connectivity index (χ2v) is 7.42. The van der Waals surface area contributed by atoms with Gasteiger partial charge in [-0.05, 0) is 31.7 Å². The van der Waals surface area contributed by atoms with Crippen molar-refractivity contribution < 1.29 is 0 Å². The Kier molecular flexibility index (Phi) is 3.23. The van der Waals surface area contributed by atoms with E-state index in [1.807, 2.05) is 17.1 Å². The molecule has 6 heteroatoms. The number of hydrogen-bond acceptors (Lipinski definition) is 5. The van der Waals surface area contributed by atoms with Crippen molar-refractivity contribution in [2.24, 2.45) is 7.05 Å². The molecule has 2 atom stereocenters. The van der Waals surface area contributed by atoms with E-state index in [0.29, 0.717) is 23.1 Å². The molecule has 5 nitrogen and oxygen atoms in total. The van der Waals surface area contributed by atoms with E-state index in [4.69, 9.17) is 5.73 Å². The number of piperidine rings is 1. The molecule has 2 aromatic heterocycles. The summed E-state index contributed by atoms with van der Waals surface area (Å²) in [6, 6.07) is 3.59. The van der Waals surface area contributed by atoms with Crippen LogP contribution < -0.4 is 5.73 Å². The SMILES string of the molecule is Cn1nccc1C1CC2CCC(C1)N2Cc1cnc(N)s1. The predicted molar refractivity (Wildman–Crippen MR) is 84.1 cm³/mol. The van der Waals surface area contributed by atoms with E-state index in [9.17, 15) is 0 Å². The molecule has 2 unspecified atom stereocenters. The Morgan fingerprint density at radius 3 is 2.67 bits per heavy atom. The number of aromatic nitrogens is 3. The fraction of sp³-hybridized carbons (Fsp3) is 0.600. The summed E-state index contributed by atoms with van der Waals surface area (Å²) in [7, 11) is 2.06. The Hall–Kier alpha value is -1.40. The second-order valence-electron chi connectivity index (χ2n) is 6.27. The Bertz CT molecular complexity index is 620. The molecule has 21 heavy (non-hydrogen) atoms. The van der Waals surface area contributed by atoms with Crippen LogP contribution in [-0.2, 0) is 13.6 Å². The van der Waals surface area contributed by atoms with Crippen molar-refractivity contribution >= 4 is 16.5 Å². The first kappa shape index (κ1) is 13.3. The van der Waals surface area contributed by atoms with E-state index in [2.05, 4.69) is 28.1 Å². The van der Waals surface area contributed by atoms with Gasteiger partial charge in [0.25, 0.3) is 0 Å². The van der Waals surface area contributed by atoms with Gasteiger partial charge in [0.1, 0.15) is 0 Å². The van der Waals surface area contributed by atoms with E-state index in [0.717, 1.165) is 6.54 Å². The van der Waals surface area contributed by atoms with E-state index < -0.39 is 0 Å². The summed E-state index contributed by atoms with van der Waals surface area (Å²) in [5.74, 6) is 0.665. The number of nitrogens with zero attached hydrogens (tertiary/aromatic N) is 4. The fourth-order valence-electron chi connectivity index (χ4n) is 4.13. The van der Waals surface area contributed by atoms with E-state index in [1.165, 1.54) is 36.3 Å². The van der Waals surface area contributed by atoms with Crippen LogP contribution in [0.4, 0.5) is 5.13 Å². The van der Waals surface area contributed by atoms with Gasteiger partial charge in [-0.25, -0.2) is 4.98 Å². The molecule has 112 valence electrons. The molecule has 0 spiro atoms. The number of rotatable bonds is 3. The van der Waals surface area contributed by atoms with Crippen LogP contribution in [0.25, 0.3) is 0 Å². The molecule has 2 fully saturated rings. The lowest BCUT2D eigenvalue weighted by atomic mass is 9.88. The zero-order chi connectivity index (χ0) is 14.4. The van der Waals surface area contributed by atoms with Gasteiger partial charge in [0.05, 0.1) is 0 Å². The average molecular weight is 303 g/mol. The molecule has 2 bridgehead atoms. The van der Waals surface area contributed by atoms with Crippen molar-refractivity contribution in [3.05, 3.63) is 29.0 Å². The summed E-state index contributed by atoms with van der Waals surface area (Å²) < 4.78 is 2.05. The highest BCUT2D eigenvalue weighted by Gasteiger charge is 2.41. The topological polar surface area (TPSA) is 60.0 Å². The third-order valence-corrected chi connectivity index (χ3v) is 5.88. The fourth-order valence-corrected chi connectivity index (χ4v) is 4.83. The maximum atomic E-state index is 5.75. The van der Waals surface area contributed by atoms with Gasteiger partial charge in [-0.15, -0.1) is 11.3 Å². The zero-order valence-corrected chi connectivity index (χ0v) is 13.1. The molecule has 0 amide bonds. The van der Waals surface area contributed by atoms with Gasteiger partial charge >= 0.3 is 0 Å². The molecule has 4 rings (SSSR count). The largest absolute Gasteiger partial charge is 0.375 e. The molecule has 0 aliphatic carbocycles. The highest BCUT2D eigenvalue weighted by atomic mass is 32.1. The summed E-state index contributed by atoms with van der Waals surface area (Å²) in [5, 5.41) is 5.02. The second kappa shape index (κ2) is 5.10. The molecule has 4 heterocycles. The van der Waals surface area contributed by atoms with Crippen LogP contribution in [0.2, 0.25) is 0 Å². The van der Waals surface area contributed by atoms with Crippen molar-refractivity contribution in [2.45, 2.75) is 50.2 Å². The molecule has 0 aromatic carbocycles. The average Bonchev–Trinajstić information content (AvgIpc) is 3.11. The summed E-state index contributed by atoms with van der Waals surface area (Å²) in [6.07, 6.45) is 9.02. The minimum absolute atomic E-state index is 0.665. The number of aryl methyl sites for hydroxylation is 1. The summed E-state index contributed by atoms with van der Waals surface area (Å²) >= 11 is 1.63. The summed E-state index contributed by atoms with van der Waals surface area (Å²) in [6.45, 7) is 1.02. The maximum absolute atomic E-state index is 5.75. The Morgan fingerprint density at radius 2 is 2.10 bits per heavy atom. The number of hydrogen-bond donors (Lipinski definition) is 1. The molecule has 0 saturated carbocycles. The first-order chi connectivity index (χ1) is 10.2. The number of nitrogen functional groups attached to an aromatic ring is 1. The van der Waals surface area contributed by atoms with Gasteiger partial charge in [0.15, 0.2) is 5.13 Å². The number of nitrogens with two attached hydrogens (primary N) is 1. The van der Waals surface area contributed by atoms with E-state index in [-0.39, 0.29) is 0 Å². The molecule has 2 N–H and O–H groups in total. The molecule has 2 aliphatic heterocycles. The highest BCUT2D eigenvalue weighted by molar-refractivity contribution is 7.15. The summed E-state index contributed by atoms with van der Waals surface area (Å²) in [4.78, 5) is 8.15. The van der Waals surface area contributed by atoms with Crippen LogP contribution in [0, 0.1) is 0 Å². The van der Waals surface area contributed by atoms with E-state index >= 15 is 0 Å². The minimum Gasteiger partial charge on any atom is -0.375 e. The van der Waals surface area contributed by atoms with Crippen LogP contribution in [0.1, 0.15) is 42.2 Å². The zero-order valence-electron chi connectivity index (χ0n) is 12.3. The van der Waals surface area contributed by atoms with Gasteiger partial charge in [-0.2, -0.15) is 5.10 Å². The highest BCUT2D eigenvalue weighted by Crippen LogP contribution is 2.43. The standard InChI is InChI=1S/C15H21N5S/c1-19-14(4-5-18-19)10-6-11-2-3-12(7-10)20(11)9-13-8-17-15(16)21-13/h4-5,8,10-12H,2-3,6-7,9H2,1H3,(H2,16,17). The first-order valence-corrected chi connectivity index (χ1v) is 8.46. The lowest BCUT2D eigenvalue weighted by molar-refractivity contribution is 0.117. The van der Waals surface area contributed by atoms with Crippen LogP contribution in [0.3, 0.4) is 0 Å². The summed E-state index contributed by atoms with van der Waals surface area (Å²) in [5.41, 5.74) is 7.15. The smallest absolute Gasteiger partial charge is 0.180 e. The van der Waals surface area contributed by atoms with Crippen LogP contribution in [-0.4, -0.2) is 31.7 Å². The van der Waals surface area contributed by atoms with Gasteiger partial charge < -0.3 is 5.73 Å². The predicted octanol–water partition coefficient (Wildman–Crippen LogP) is 2.37. The monoisotopic (exact) mass is 303 g/mol. The third-order valence-electron chi connectivity index (χ3n) is 5.07. The lowest BCUT2D eigenvalue weighted by Crippen LogP contribution is -2.41. The van der Waals surface area contributed by atoms with Crippen molar-refractivity contribution in [3.63, 3.8) is 0 Å². The van der Waals surface area contributed by atoms with Gasteiger partial charge in [-0.1, -0.05) is 0 Å². The van der Waals surface area contributed by atoms with Gasteiger partial charge in [0, 0.05) is 54.6 Å². The number of anilines is 1. The molecular weight excluding hydrogens is 282 g/mol. The third kappa shape index (κ3) is 2.36. The van der Waals surface area contributed by atoms with Crippen LogP contribution in [0.5, 0.6) is 0 Å². The minimum atomic E-state index is 0.665. The molecule has 0 radical (unpaired) electrons. The van der Waals surface area contributed by atoms with Crippen LogP contribution >= 0.6 is 11.3 Å². The van der Waals surface area contributed by atoms with Gasteiger partial charge in [-0.3, -0.25) is 9.58 Å². The Labute approximate surface area is 128 Å². The lowest BCUT2D eigenvalue weighted by Gasteiger charge is -2.38. The number of thiazole rings is 1. The number of fused-ring (bicyclic) bond motifs is 2. The normalized spacial score (nSPS) is 29.1. The van der Waals surface area contributed by atoms with Gasteiger partial charge in [0.2, 0.25) is 0 Å². The van der Waals surface area contributed by atoms with Crippen molar-refractivity contribution in [1.82, 2.24) is 19.7 Å².